The van der Waals surface area contributed by atoms with Gasteiger partial charge in [-0.2, -0.15) is 0 Å². The minimum Gasteiger partial charge on any atom is -0.481 e. The maximum Gasteiger partial charge on any atom is 0.408 e. The molecule has 7 nitrogen and oxygen atoms in total. The number of carboxylic acids is 1. The van der Waals surface area contributed by atoms with Crippen molar-refractivity contribution in [2.45, 2.75) is 58.2 Å². The lowest BCUT2D eigenvalue weighted by molar-refractivity contribution is -0.156. The Hall–Kier alpha value is -2.57. The summed E-state index contributed by atoms with van der Waals surface area (Å²) in [6.45, 7) is 7.46. The van der Waals surface area contributed by atoms with Crippen molar-refractivity contribution in [2.24, 2.45) is 5.92 Å². The van der Waals surface area contributed by atoms with Gasteiger partial charge in [0, 0.05) is 13.1 Å². The molecule has 0 aliphatic carbocycles. The van der Waals surface area contributed by atoms with E-state index in [1.54, 1.807) is 25.7 Å². The van der Waals surface area contributed by atoms with E-state index in [0.717, 1.165) is 5.56 Å². The van der Waals surface area contributed by atoms with Crippen molar-refractivity contribution < 1.29 is 24.2 Å². The minimum absolute atomic E-state index is 0.254. The van der Waals surface area contributed by atoms with Crippen molar-refractivity contribution in [1.29, 1.82) is 0 Å². The SMILES string of the molecule is C[C@H](C(=O)O)[C@@]1(NC(=O)OC(C)(C)C)CCCN(Cc2ccccc2)C1=O. The number of ether oxygens (including phenoxy) is 1. The van der Waals surface area contributed by atoms with Crippen LogP contribution in [-0.2, 0) is 20.9 Å². The molecule has 1 saturated heterocycles. The molecule has 2 amide bonds. The first-order valence-electron chi connectivity index (χ1n) is 9.12. The molecule has 1 heterocycles. The number of nitrogens with zero attached hydrogens (tertiary/aromatic N) is 1. The number of piperidine rings is 1. The summed E-state index contributed by atoms with van der Waals surface area (Å²) in [6.07, 6.45) is 0.0565. The average molecular weight is 376 g/mol. The Kier molecular flexibility index (Phi) is 6.13. The maximum absolute atomic E-state index is 13.3. The second kappa shape index (κ2) is 7.98. The molecule has 1 aliphatic heterocycles. The number of alkyl carbamates (subject to hydrolysis) is 1. The van der Waals surface area contributed by atoms with Gasteiger partial charge in [-0.15, -0.1) is 0 Å². The zero-order chi connectivity index (χ0) is 20.2. The summed E-state index contributed by atoms with van der Waals surface area (Å²) in [4.78, 5) is 39.0. The fourth-order valence-corrected chi connectivity index (χ4v) is 3.32. The van der Waals surface area contributed by atoms with Crippen LogP contribution < -0.4 is 5.32 Å². The first kappa shape index (κ1) is 20.7. The molecule has 1 aromatic carbocycles. The number of hydrogen-bond acceptors (Lipinski definition) is 4. The highest BCUT2D eigenvalue weighted by Crippen LogP contribution is 2.32. The van der Waals surface area contributed by atoms with Crippen molar-refractivity contribution in [1.82, 2.24) is 10.2 Å². The molecular formula is C20H28N2O5. The summed E-state index contributed by atoms with van der Waals surface area (Å²) in [5, 5.41) is 12.2. The predicted molar refractivity (Wildman–Crippen MR) is 100.0 cm³/mol. The number of likely N-dealkylation sites (tertiary alicyclic amines) is 1. The molecule has 2 rings (SSSR count). The summed E-state index contributed by atoms with van der Waals surface area (Å²) >= 11 is 0. The van der Waals surface area contributed by atoms with Gasteiger partial charge in [0.2, 0.25) is 5.91 Å². The van der Waals surface area contributed by atoms with Gasteiger partial charge < -0.3 is 20.1 Å². The van der Waals surface area contributed by atoms with Crippen LogP contribution in [0.5, 0.6) is 0 Å². The minimum atomic E-state index is -1.53. The highest BCUT2D eigenvalue weighted by molar-refractivity contribution is 5.95. The molecule has 27 heavy (non-hydrogen) atoms. The number of nitrogens with one attached hydrogen (secondary N) is 1. The Bertz CT molecular complexity index is 698. The third-order valence-electron chi connectivity index (χ3n) is 4.72. The molecular weight excluding hydrogens is 348 g/mol. The van der Waals surface area contributed by atoms with Crippen LogP contribution in [0.2, 0.25) is 0 Å². The third-order valence-corrected chi connectivity index (χ3v) is 4.72. The van der Waals surface area contributed by atoms with Gasteiger partial charge in [-0.05, 0) is 46.1 Å². The van der Waals surface area contributed by atoms with Crippen LogP contribution in [0.15, 0.2) is 30.3 Å². The smallest absolute Gasteiger partial charge is 0.408 e. The van der Waals surface area contributed by atoms with Crippen molar-refractivity contribution in [3.63, 3.8) is 0 Å². The number of rotatable bonds is 5. The first-order chi connectivity index (χ1) is 12.5. The number of carbonyl (C=O) groups excluding carboxylic acids is 2. The summed E-state index contributed by atoms with van der Waals surface area (Å²) in [7, 11) is 0. The van der Waals surface area contributed by atoms with Gasteiger partial charge in [0.1, 0.15) is 11.1 Å². The van der Waals surface area contributed by atoms with Crippen molar-refractivity contribution in [2.75, 3.05) is 6.54 Å². The fraction of sp³-hybridized carbons (Fsp3) is 0.550. The Morgan fingerprint density at radius 1 is 1.30 bits per heavy atom. The molecule has 0 unspecified atom stereocenters. The van der Waals surface area contributed by atoms with Crippen LogP contribution in [0.3, 0.4) is 0 Å². The van der Waals surface area contributed by atoms with E-state index in [4.69, 9.17) is 4.74 Å². The lowest BCUT2D eigenvalue weighted by Gasteiger charge is -2.44. The zero-order valence-corrected chi connectivity index (χ0v) is 16.3. The van der Waals surface area contributed by atoms with E-state index in [2.05, 4.69) is 5.32 Å². The van der Waals surface area contributed by atoms with Crippen LogP contribution >= 0.6 is 0 Å². The first-order valence-corrected chi connectivity index (χ1v) is 9.12. The molecule has 1 aliphatic rings. The second-order valence-corrected chi connectivity index (χ2v) is 7.97. The van der Waals surface area contributed by atoms with E-state index in [1.807, 2.05) is 30.3 Å². The standard InChI is InChI=1S/C20H28N2O5/c1-14(16(23)24)20(21-18(26)27-19(2,3)4)11-8-12-22(17(20)25)13-15-9-6-5-7-10-15/h5-7,9-10,14H,8,11-13H2,1-4H3,(H,21,26)(H,23,24)/t14-,20+/m1/s1. The Morgan fingerprint density at radius 2 is 1.93 bits per heavy atom. The molecule has 1 aromatic rings. The highest BCUT2D eigenvalue weighted by Gasteiger charge is 2.52. The Labute approximate surface area is 159 Å². The molecule has 0 radical (unpaired) electrons. The predicted octanol–water partition coefficient (Wildman–Crippen LogP) is 2.79. The summed E-state index contributed by atoms with van der Waals surface area (Å²) in [5.74, 6) is -2.62. The van der Waals surface area contributed by atoms with E-state index >= 15 is 0 Å². The Morgan fingerprint density at radius 3 is 2.48 bits per heavy atom. The largest absolute Gasteiger partial charge is 0.481 e. The molecule has 0 bridgehead atoms. The molecule has 7 heteroatoms. The molecule has 148 valence electrons. The molecule has 0 spiro atoms. The lowest BCUT2D eigenvalue weighted by Crippen LogP contribution is -2.67. The van der Waals surface area contributed by atoms with Crippen LogP contribution in [0, 0.1) is 5.92 Å². The monoisotopic (exact) mass is 376 g/mol. The number of amides is 2. The van der Waals surface area contributed by atoms with E-state index in [-0.39, 0.29) is 6.42 Å². The quantitative estimate of drug-likeness (QED) is 0.824. The molecule has 2 atom stereocenters. The molecule has 1 fully saturated rings. The van der Waals surface area contributed by atoms with Crippen molar-refractivity contribution >= 4 is 18.0 Å². The van der Waals surface area contributed by atoms with Gasteiger partial charge in [0.25, 0.3) is 0 Å². The van der Waals surface area contributed by atoms with Gasteiger partial charge in [-0.3, -0.25) is 9.59 Å². The van der Waals surface area contributed by atoms with Gasteiger partial charge in [-0.1, -0.05) is 30.3 Å². The normalized spacial score (nSPS) is 21.5. The van der Waals surface area contributed by atoms with Crippen LogP contribution in [0.25, 0.3) is 0 Å². The summed E-state index contributed by atoms with van der Waals surface area (Å²) in [5.41, 5.74) is -1.33. The van der Waals surface area contributed by atoms with Gasteiger partial charge in [0.05, 0.1) is 5.92 Å². The third kappa shape index (κ3) is 4.99. The molecule has 0 aromatic heterocycles. The number of aliphatic carboxylic acids is 1. The molecule has 0 saturated carbocycles. The van der Waals surface area contributed by atoms with Crippen LogP contribution in [-0.4, -0.2) is 45.7 Å². The average Bonchev–Trinajstić information content (AvgIpc) is 2.57. The van der Waals surface area contributed by atoms with E-state index in [0.29, 0.717) is 19.5 Å². The van der Waals surface area contributed by atoms with Crippen LogP contribution in [0.1, 0.15) is 46.1 Å². The Balaban J connectivity index is 2.29. The second-order valence-electron chi connectivity index (χ2n) is 7.97. The fourth-order valence-electron chi connectivity index (χ4n) is 3.32. The van der Waals surface area contributed by atoms with E-state index < -0.39 is 35.0 Å². The zero-order valence-electron chi connectivity index (χ0n) is 16.3. The number of carbonyl (C=O) groups is 3. The van der Waals surface area contributed by atoms with Gasteiger partial charge in [0.15, 0.2) is 0 Å². The number of carboxylic acid groups (broad SMARTS) is 1. The number of hydrogen-bond donors (Lipinski definition) is 2. The maximum atomic E-state index is 13.3. The van der Waals surface area contributed by atoms with Gasteiger partial charge in [-0.25, -0.2) is 4.79 Å². The van der Waals surface area contributed by atoms with Crippen LogP contribution in [0.4, 0.5) is 4.79 Å². The summed E-state index contributed by atoms with van der Waals surface area (Å²) < 4.78 is 5.28. The summed E-state index contributed by atoms with van der Waals surface area (Å²) in [6, 6.07) is 9.48. The van der Waals surface area contributed by atoms with Crippen molar-refractivity contribution in [3.8, 4) is 0 Å². The van der Waals surface area contributed by atoms with E-state index in [1.165, 1.54) is 6.92 Å². The van der Waals surface area contributed by atoms with E-state index in [9.17, 15) is 19.5 Å². The highest BCUT2D eigenvalue weighted by atomic mass is 16.6. The lowest BCUT2D eigenvalue weighted by atomic mass is 9.77. The number of benzene rings is 1. The topological polar surface area (TPSA) is 95.9 Å². The van der Waals surface area contributed by atoms with Gasteiger partial charge >= 0.3 is 12.1 Å². The van der Waals surface area contributed by atoms with Crippen molar-refractivity contribution in [3.05, 3.63) is 35.9 Å². The molecule has 2 N–H and O–H groups in total.